The topological polar surface area (TPSA) is 58.6 Å². The number of nitrogens with one attached hydrogen (secondary N) is 1. The zero-order chi connectivity index (χ0) is 15.5. The van der Waals surface area contributed by atoms with Crippen LogP contribution in [-0.4, -0.2) is 51.6 Å². The van der Waals surface area contributed by atoms with E-state index in [1.165, 1.54) is 0 Å². The summed E-state index contributed by atoms with van der Waals surface area (Å²) in [6, 6.07) is 7.17. The maximum Gasteiger partial charge on any atom is 0.243 e. The largest absolute Gasteiger partial charge is 0.378 e. The monoisotopic (exact) mass is 312 g/mol. The lowest BCUT2D eigenvalue weighted by atomic mass is 10.1. The Morgan fingerprint density at radius 1 is 1.29 bits per heavy atom. The molecule has 0 atom stereocenters. The Balaban J connectivity index is 2.22. The van der Waals surface area contributed by atoms with Crippen molar-refractivity contribution in [1.82, 2.24) is 9.62 Å². The van der Waals surface area contributed by atoms with Crippen molar-refractivity contribution >= 4 is 10.0 Å². The molecule has 1 aromatic carbocycles. The molecule has 1 aliphatic rings. The average Bonchev–Trinajstić information content (AvgIpc) is 2.44. The van der Waals surface area contributed by atoms with Crippen molar-refractivity contribution in [2.45, 2.75) is 30.7 Å². The molecule has 1 saturated heterocycles. The molecule has 21 heavy (non-hydrogen) atoms. The molecule has 0 bridgehead atoms. The van der Waals surface area contributed by atoms with E-state index in [0.29, 0.717) is 24.7 Å². The van der Waals surface area contributed by atoms with Crippen LogP contribution in [0.25, 0.3) is 0 Å². The minimum Gasteiger partial charge on any atom is -0.378 e. The highest BCUT2D eigenvalue weighted by atomic mass is 32.2. The number of likely N-dealkylation sites (N-methyl/N-ethyl adjacent to an activating group) is 1. The highest BCUT2D eigenvalue weighted by molar-refractivity contribution is 7.89. The summed E-state index contributed by atoms with van der Waals surface area (Å²) in [5.74, 6) is 0. The Labute approximate surface area is 127 Å². The van der Waals surface area contributed by atoms with Gasteiger partial charge in [-0.05, 0) is 51.6 Å². The predicted molar refractivity (Wildman–Crippen MR) is 82.9 cm³/mol. The molecule has 1 fully saturated rings. The molecule has 5 nitrogen and oxygen atoms in total. The second-order valence-electron chi connectivity index (χ2n) is 5.94. The van der Waals surface area contributed by atoms with Gasteiger partial charge in [-0.25, -0.2) is 8.42 Å². The van der Waals surface area contributed by atoms with E-state index in [9.17, 15) is 8.42 Å². The molecule has 1 aromatic rings. The Hall–Kier alpha value is -0.950. The van der Waals surface area contributed by atoms with Gasteiger partial charge in [0.15, 0.2) is 0 Å². The SMILES string of the molecule is CNCCc1ccc(S(=O)(=O)N2CCOCC2(C)C)cc1. The lowest BCUT2D eigenvalue weighted by molar-refractivity contribution is -0.00770. The van der Waals surface area contributed by atoms with Crippen LogP contribution in [-0.2, 0) is 21.2 Å². The first kappa shape index (κ1) is 16.4. The van der Waals surface area contributed by atoms with Crippen LogP contribution < -0.4 is 5.32 Å². The highest BCUT2D eigenvalue weighted by Crippen LogP contribution is 2.27. The van der Waals surface area contributed by atoms with Gasteiger partial charge in [0.25, 0.3) is 0 Å². The van der Waals surface area contributed by atoms with Crippen molar-refractivity contribution in [3.8, 4) is 0 Å². The second kappa shape index (κ2) is 6.44. The van der Waals surface area contributed by atoms with E-state index in [0.717, 1.165) is 18.5 Å². The summed E-state index contributed by atoms with van der Waals surface area (Å²) < 4.78 is 32.5. The Bertz CT molecular complexity index is 567. The first-order valence-corrected chi connectivity index (χ1v) is 8.66. The van der Waals surface area contributed by atoms with Crippen LogP contribution in [0, 0.1) is 0 Å². The van der Waals surface area contributed by atoms with E-state index >= 15 is 0 Å². The number of ether oxygens (including phenoxy) is 1. The van der Waals surface area contributed by atoms with Gasteiger partial charge in [-0.15, -0.1) is 0 Å². The summed E-state index contributed by atoms with van der Waals surface area (Å²) in [5.41, 5.74) is 0.617. The zero-order valence-electron chi connectivity index (χ0n) is 12.9. The van der Waals surface area contributed by atoms with Crippen LogP contribution in [0.5, 0.6) is 0 Å². The predicted octanol–water partition coefficient (Wildman–Crippen LogP) is 1.25. The molecule has 0 amide bonds. The third-order valence-electron chi connectivity index (χ3n) is 3.74. The minimum atomic E-state index is -3.47. The lowest BCUT2D eigenvalue weighted by Gasteiger charge is -2.40. The van der Waals surface area contributed by atoms with E-state index in [-0.39, 0.29) is 0 Å². The fourth-order valence-corrected chi connectivity index (χ4v) is 4.27. The third kappa shape index (κ3) is 3.63. The third-order valence-corrected chi connectivity index (χ3v) is 5.87. The Morgan fingerprint density at radius 3 is 2.52 bits per heavy atom. The smallest absolute Gasteiger partial charge is 0.243 e. The number of nitrogens with zero attached hydrogens (tertiary/aromatic N) is 1. The molecule has 0 aromatic heterocycles. The van der Waals surface area contributed by atoms with Gasteiger partial charge in [0.2, 0.25) is 10.0 Å². The number of rotatable bonds is 5. The molecule has 118 valence electrons. The van der Waals surface area contributed by atoms with Gasteiger partial charge >= 0.3 is 0 Å². The summed E-state index contributed by atoms with van der Waals surface area (Å²) in [4.78, 5) is 0.352. The van der Waals surface area contributed by atoms with Crippen LogP contribution in [0.15, 0.2) is 29.2 Å². The van der Waals surface area contributed by atoms with Crippen LogP contribution in [0.3, 0.4) is 0 Å². The summed E-state index contributed by atoms with van der Waals surface area (Å²) in [6.45, 7) is 5.94. The van der Waals surface area contributed by atoms with Crippen LogP contribution in [0.2, 0.25) is 0 Å². The molecule has 6 heteroatoms. The molecule has 0 spiro atoms. The summed E-state index contributed by atoms with van der Waals surface area (Å²) in [7, 11) is -1.57. The van der Waals surface area contributed by atoms with Crippen LogP contribution >= 0.6 is 0 Å². The minimum absolute atomic E-state index is 0.352. The van der Waals surface area contributed by atoms with E-state index < -0.39 is 15.6 Å². The fourth-order valence-electron chi connectivity index (χ4n) is 2.51. The summed E-state index contributed by atoms with van der Waals surface area (Å²) >= 11 is 0. The van der Waals surface area contributed by atoms with Crippen molar-refractivity contribution in [2.75, 3.05) is 33.4 Å². The van der Waals surface area contributed by atoms with Gasteiger partial charge in [-0.2, -0.15) is 4.31 Å². The van der Waals surface area contributed by atoms with E-state index in [2.05, 4.69) is 5.32 Å². The lowest BCUT2D eigenvalue weighted by Crippen LogP contribution is -2.55. The molecule has 0 radical (unpaired) electrons. The summed E-state index contributed by atoms with van der Waals surface area (Å²) in [5, 5.41) is 3.08. The first-order chi connectivity index (χ1) is 9.88. The molecule has 0 saturated carbocycles. The van der Waals surface area contributed by atoms with Gasteiger partial charge in [0.1, 0.15) is 0 Å². The highest BCUT2D eigenvalue weighted by Gasteiger charge is 2.39. The second-order valence-corrected chi connectivity index (χ2v) is 7.80. The number of benzene rings is 1. The van der Waals surface area contributed by atoms with Crippen molar-refractivity contribution in [1.29, 1.82) is 0 Å². The van der Waals surface area contributed by atoms with Gasteiger partial charge in [-0.3, -0.25) is 0 Å². The number of hydrogen-bond donors (Lipinski definition) is 1. The molecule has 1 aliphatic heterocycles. The number of morpholine rings is 1. The van der Waals surface area contributed by atoms with Crippen molar-refractivity contribution in [3.63, 3.8) is 0 Å². The standard InChI is InChI=1S/C15H24N2O3S/c1-15(2)12-20-11-10-17(15)21(18,19)14-6-4-13(5-7-14)8-9-16-3/h4-7,16H,8-12H2,1-3H3. The molecule has 1 N–H and O–H groups in total. The van der Waals surface area contributed by atoms with Gasteiger partial charge in [0, 0.05) is 6.54 Å². The first-order valence-electron chi connectivity index (χ1n) is 7.22. The number of hydrogen-bond acceptors (Lipinski definition) is 4. The molecule has 2 rings (SSSR count). The Kier molecular flexibility index (Phi) is 5.03. The van der Waals surface area contributed by atoms with Crippen molar-refractivity contribution in [3.05, 3.63) is 29.8 Å². The van der Waals surface area contributed by atoms with E-state index in [1.807, 2.05) is 33.0 Å². The maximum atomic E-state index is 12.8. The maximum absolute atomic E-state index is 12.8. The summed E-state index contributed by atoms with van der Waals surface area (Å²) in [6.07, 6.45) is 0.889. The average molecular weight is 312 g/mol. The molecular weight excluding hydrogens is 288 g/mol. The van der Waals surface area contributed by atoms with E-state index in [4.69, 9.17) is 4.74 Å². The molecule has 0 aliphatic carbocycles. The van der Waals surface area contributed by atoms with Crippen LogP contribution in [0.4, 0.5) is 0 Å². The fraction of sp³-hybridized carbons (Fsp3) is 0.600. The molecule has 1 heterocycles. The van der Waals surface area contributed by atoms with Gasteiger partial charge in [-0.1, -0.05) is 12.1 Å². The van der Waals surface area contributed by atoms with Gasteiger partial charge < -0.3 is 10.1 Å². The van der Waals surface area contributed by atoms with Crippen LogP contribution in [0.1, 0.15) is 19.4 Å². The quantitative estimate of drug-likeness (QED) is 0.889. The zero-order valence-corrected chi connectivity index (χ0v) is 13.7. The van der Waals surface area contributed by atoms with Gasteiger partial charge in [0.05, 0.1) is 23.6 Å². The molecular formula is C15H24N2O3S. The van der Waals surface area contributed by atoms with Crippen molar-refractivity contribution in [2.24, 2.45) is 0 Å². The Morgan fingerprint density at radius 2 is 1.95 bits per heavy atom. The molecule has 0 unspecified atom stereocenters. The normalized spacial score (nSPS) is 19.6. The van der Waals surface area contributed by atoms with E-state index in [1.54, 1.807) is 16.4 Å². The number of sulfonamides is 1. The van der Waals surface area contributed by atoms with Crippen molar-refractivity contribution < 1.29 is 13.2 Å².